The van der Waals surface area contributed by atoms with E-state index in [2.05, 4.69) is 0 Å². The van der Waals surface area contributed by atoms with Gasteiger partial charge in [-0.15, -0.1) is 0 Å². The zero-order valence-corrected chi connectivity index (χ0v) is 20.3. The van der Waals surface area contributed by atoms with E-state index >= 15 is 0 Å². The number of benzene rings is 3. The van der Waals surface area contributed by atoms with Crippen LogP contribution in [0, 0.1) is 0 Å². The summed E-state index contributed by atoms with van der Waals surface area (Å²) in [5.74, 6) is -0.925. The maximum atomic E-state index is 13.2. The molecule has 2 N–H and O–H groups in total. The van der Waals surface area contributed by atoms with Gasteiger partial charge in [0.1, 0.15) is 11.5 Å². The zero-order chi connectivity index (χ0) is 25.7. The van der Waals surface area contributed by atoms with Crippen LogP contribution in [0.25, 0.3) is 5.76 Å². The van der Waals surface area contributed by atoms with E-state index < -0.39 is 17.7 Å². The lowest BCUT2D eigenvalue weighted by atomic mass is 9.94. The van der Waals surface area contributed by atoms with Crippen LogP contribution >= 0.6 is 0 Å². The minimum Gasteiger partial charge on any atom is -0.507 e. The van der Waals surface area contributed by atoms with Gasteiger partial charge in [0.15, 0.2) is 11.5 Å². The Morgan fingerprint density at radius 2 is 1.72 bits per heavy atom. The van der Waals surface area contributed by atoms with E-state index in [9.17, 15) is 19.8 Å². The van der Waals surface area contributed by atoms with Crippen LogP contribution in [-0.2, 0) is 16.0 Å². The monoisotopic (exact) mass is 487 g/mol. The lowest BCUT2D eigenvalue weighted by Crippen LogP contribution is -2.31. The number of ketones is 1. The van der Waals surface area contributed by atoms with Crippen LogP contribution in [0.1, 0.15) is 36.1 Å². The van der Waals surface area contributed by atoms with Gasteiger partial charge in [-0.1, -0.05) is 43.3 Å². The summed E-state index contributed by atoms with van der Waals surface area (Å²) in [6.07, 6.45) is 1.40. The third-order valence-electron chi connectivity index (χ3n) is 6.14. The van der Waals surface area contributed by atoms with Crippen molar-refractivity contribution < 1.29 is 29.3 Å². The Kier molecular flexibility index (Phi) is 7.59. The van der Waals surface area contributed by atoms with Crippen molar-refractivity contribution in [1.82, 2.24) is 4.90 Å². The summed E-state index contributed by atoms with van der Waals surface area (Å²) in [6, 6.07) is 20.2. The van der Waals surface area contributed by atoms with E-state index in [1.807, 2.05) is 37.3 Å². The minimum absolute atomic E-state index is 0.0111. The molecule has 0 radical (unpaired) electrons. The molecule has 186 valence electrons. The average Bonchev–Trinajstić information content (AvgIpc) is 3.16. The smallest absolute Gasteiger partial charge is 0.295 e. The second-order valence-corrected chi connectivity index (χ2v) is 8.53. The quantitative estimate of drug-likeness (QED) is 0.254. The Balaban J connectivity index is 1.76. The number of carbonyl (C=O) groups is 2. The molecule has 1 unspecified atom stereocenters. The fourth-order valence-corrected chi connectivity index (χ4v) is 4.30. The second kappa shape index (κ2) is 11.0. The van der Waals surface area contributed by atoms with Crippen LogP contribution in [0.5, 0.6) is 17.2 Å². The number of aromatic hydroxyl groups is 1. The number of nitrogens with zero attached hydrogens (tertiary/aromatic N) is 1. The first kappa shape index (κ1) is 24.9. The molecule has 7 nitrogen and oxygen atoms in total. The number of hydrogen-bond acceptors (Lipinski definition) is 6. The summed E-state index contributed by atoms with van der Waals surface area (Å²) >= 11 is 0. The number of methoxy groups -OCH3 is 1. The molecule has 1 saturated heterocycles. The van der Waals surface area contributed by atoms with Gasteiger partial charge in [-0.05, 0) is 60.4 Å². The van der Waals surface area contributed by atoms with Crippen LogP contribution in [0.4, 0.5) is 0 Å². The third kappa shape index (κ3) is 5.05. The molecule has 7 heteroatoms. The number of aliphatic hydroxyl groups is 1. The highest BCUT2D eigenvalue weighted by molar-refractivity contribution is 6.46. The number of phenolic OH excluding ortho intramolecular Hbond substituents is 1. The van der Waals surface area contributed by atoms with Gasteiger partial charge in [0, 0.05) is 12.1 Å². The zero-order valence-electron chi connectivity index (χ0n) is 20.3. The van der Waals surface area contributed by atoms with E-state index in [1.165, 1.54) is 18.1 Å². The molecule has 1 aliphatic rings. The molecule has 3 aromatic rings. The predicted molar refractivity (Wildman–Crippen MR) is 136 cm³/mol. The highest BCUT2D eigenvalue weighted by atomic mass is 16.5. The number of ether oxygens (including phenoxy) is 2. The van der Waals surface area contributed by atoms with Gasteiger partial charge in [-0.2, -0.15) is 0 Å². The van der Waals surface area contributed by atoms with Gasteiger partial charge in [0.2, 0.25) is 0 Å². The molecule has 0 aliphatic carbocycles. The van der Waals surface area contributed by atoms with Gasteiger partial charge < -0.3 is 24.6 Å². The number of phenols is 1. The standard InChI is InChI=1S/C29H29NO6/c1-3-17-36-22-12-9-20(10-13-22)27(32)25-26(21-11-14-23(31)24(18-21)35-2)30(29(34)28(25)33)16-15-19-7-5-4-6-8-19/h4-14,18,26,31-32H,3,15-17H2,1-2H3/b27-25+. The Labute approximate surface area is 210 Å². The summed E-state index contributed by atoms with van der Waals surface area (Å²) in [4.78, 5) is 27.9. The average molecular weight is 488 g/mol. The Morgan fingerprint density at radius 3 is 2.39 bits per heavy atom. The van der Waals surface area contributed by atoms with Crippen LogP contribution < -0.4 is 9.47 Å². The molecule has 0 bridgehead atoms. The van der Waals surface area contributed by atoms with Crippen molar-refractivity contribution in [3.05, 3.63) is 95.1 Å². The molecule has 1 aliphatic heterocycles. The fraction of sp³-hybridized carbons (Fsp3) is 0.241. The number of likely N-dealkylation sites (tertiary alicyclic amines) is 1. The summed E-state index contributed by atoms with van der Waals surface area (Å²) in [6.45, 7) is 2.85. The molecule has 1 amide bonds. The van der Waals surface area contributed by atoms with Gasteiger partial charge in [-0.25, -0.2) is 0 Å². The second-order valence-electron chi connectivity index (χ2n) is 8.53. The van der Waals surface area contributed by atoms with Crippen molar-refractivity contribution in [3.8, 4) is 17.2 Å². The van der Waals surface area contributed by atoms with Crippen LogP contribution in [0.2, 0.25) is 0 Å². The Bertz CT molecular complexity index is 1270. The molecule has 36 heavy (non-hydrogen) atoms. The number of rotatable bonds is 9. The molecule has 4 rings (SSSR count). The Morgan fingerprint density at radius 1 is 1.00 bits per heavy atom. The summed E-state index contributed by atoms with van der Waals surface area (Å²) < 4.78 is 10.9. The SMILES string of the molecule is CCCOc1ccc(/C(O)=C2\C(=O)C(=O)N(CCc3ccccc3)C2c2ccc(O)c(OC)c2)cc1. The summed E-state index contributed by atoms with van der Waals surface area (Å²) in [5.41, 5.74) is 1.95. The summed E-state index contributed by atoms with van der Waals surface area (Å²) in [5, 5.41) is 21.3. The third-order valence-corrected chi connectivity index (χ3v) is 6.14. The fourth-order valence-electron chi connectivity index (χ4n) is 4.30. The molecule has 1 heterocycles. The first-order chi connectivity index (χ1) is 17.4. The van der Waals surface area contributed by atoms with Gasteiger partial charge >= 0.3 is 0 Å². The van der Waals surface area contributed by atoms with Crippen molar-refractivity contribution >= 4 is 17.4 Å². The lowest BCUT2D eigenvalue weighted by Gasteiger charge is -2.26. The van der Waals surface area contributed by atoms with E-state index in [4.69, 9.17) is 9.47 Å². The molecule has 0 spiro atoms. The highest BCUT2D eigenvalue weighted by Crippen LogP contribution is 2.42. The van der Waals surface area contributed by atoms with Crippen molar-refractivity contribution in [2.45, 2.75) is 25.8 Å². The van der Waals surface area contributed by atoms with E-state index in [1.54, 1.807) is 36.4 Å². The maximum absolute atomic E-state index is 13.2. The molecule has 3 aromatic carbocycles. The minimum atomic E-state index is -0.848. The molecule has 1 fully saturated rings. The number of hydrogen-bond donors (Lipinski definition) is 2. The van der Waals surface area contributed by atoms with Crippen LogP contribution in [0.15, 0.2) is 78.4 Å². The van der Waals surface area contributed by atoms with Gasteiger partial charge in [0.05, 0.1) is 25.3 Å². The van der Waals surface area contributed by atoms with Crippen LogP contribution in [-0.4, -0.2) is 47.1 Å². The molecular formula is C29H29NO6. The largest absolute Gasteiger partial charge is 0.507 e. The van der Waals surface area contributed by atoms with Crippen molar-refractivity contribution in [2.75, 3.05) is 20.3 Å². The van der Waals surface area contributed by atoms with Crippen LogP contribution in [0.3, 0.4) is 0 Å². The number of carbonyl (C=O) groups excluding carboxylic acids is 2. The van der Waals surface area contributed by atoms with Crippen molar-refractivity contribution in [1.29, 1.82) is 0 Å². The highest BCUT2D eigenvalue weighted by Gasteiger charge is 2.46. The topological polar surface area (TPSA) is 96.3 Å². The first-order valence-electron chi connectivity index (χ1n) is 11.9. The number of amides is 1. The van der Waals surface area contributed by atoms with Crippen molar-refractivity contribution in [2.24, 2.45) is 0 Å². The van der Waals surface area contributed by atoms with Crippen molar-refractivity contribution in [3.63, 3.8) is 0 Å². The van der Waals surface area contributed by atoms with E-state index in [-0.39, 0.29) is 29.4 Å². The van der Waals surface area contributed by atoms with Gasteiger partial charge in [0.25, 0.3) is 11.7 Å². The van der Waals surface area contributed by atoms with E-state index in [0.29, 0.717) is 29.9 Å². The molecular weight excluding hydrogens is 458 g/mol. The number of aliphatic hydroxyl groups excluding tert-OH is 1. The van der Waals surface area contributed by atoms with E-state index in [0.717, 1.165) is 12.0 Å². The Hall–Kier alpha value is -4.26. The molecule has 1 atom stereocenters. The predicted octanol–water partition coefficient (Wildman–Crippen LogP) is 4.85. The normalized spacial score (nSPS) is 16.8. The number of Topliss-reactive ketones (excluding diaryl/α,β-unsaturated/α-hetero) is 1. The maximum Gasteiger partial charge on any atom is 0.295 e. The molecule has 0 saturated carbocycles. The summed E-state index contributed by atoms with van der Waals surface area (Å²) in [7, 11) is 1.42. The lowest BCUT2D eigenvalue weighted by molar-refractivity contribution is -0.139. The van der Waals surface area contributed by atoms with Gasteiger partial charge in [-0.3, -0.25) is 9.59 Å². The first-order valence-corrected chi connectivity index (χ1v) is 11.9. The molecule has 0 aromatic heterocycles.